The molecule has 2 aromatic rings. The molecule has 1 atom stereocenters. The number of anilines is 1. The molecule has 1 amide bonds. The number of hydrogen-bond acceptors (Lipinski definition) is 6. The van der Waals surface area contributed by atoms with Crippen LogP contribution in [0.5, 0.6) is 5.75 Å². The van der Waals surface area contributed by atoms with E-state index in [0.29, 0.717) is 6.42 Å². The molecule has 0 aliphatic carbocycles. The van der Waals surface area contributed by atoms with Crippen LogP contribution in [0.4, 0.5) is 11.4 Å². The first-order chi connectivity index (χ1) is 12.4. The topological polar surface area (TPSA) is 117 Å². The second-order valence-corrected chi connectivity index (χ2v) is 5.76. The normalized spacial score (nSPS) is 11.9. The fourth-order valence-corrected chi connectivity index (χ4v) is 2.40. The highest BCUT2D eigenvalue weighted by atomic mass is 35.5. The van der Waals surface area contributed by atoms with Gasteiger partial charge >= 0.3 is 5.69 Å². The van der Waals surface area contributed by atoms with E-state index in [4.69, 9.17) is 11.6 Å². The predicted octanol–water partition coefficient (Wildman–Crippen LogP) is 3.29. The Kier molecular flexibility index (Phi) is 6.51. The number of nitrogens with one attached hydrogen (secondary N) is 2. The van der Waals surface area contributed by atoms with Crippen molar-refractivity contribution in [2.24, 2.45) is 5.10 Å². The molecule has 0 radical (unpaired) electrons. The molecule has 3 N–H and O–H groups in total. The molecule has 26 heavy (non-hydrogen) atoms. The fourth-order valence-electron chi connectivity index (χ4n) is 2.17. The molecule has 0 saturated heterocycles. The van der Waals surface area contributed by atoms with Gasteiger partial charge < -0.3 is 10.4 Å². The van der Waals surface area contributed by atoms with E-state index in [1.165, 1.54) is 6.07 Å². The van der Waals surface area contributed by atoms with Gasteiger partial charge in [-0.15, -0.1) is 0 Å². The SMILES string of the molecule is CC[C@H](Nc1ccccc1)C(=O)N/N=C/c1cc(Cl)cc([N+](=O)[O-])c1O. The lowest BCUT2D eigenvalue weighted by Gasteiger charge is -2.16. The first-order valence-corrected chi connectivity index (χ1v) is 8.11. The molecule has 0 aliphatic heterocycles. The lowest BCUT2D eigenvalue weighted by Crippen LogP contribution is -2.36. The van der Waals surface area contributed by atoms with Crippen LogP contribution in [0.3, 0.4) is 0 Å². The van der Waals surface area contributed by atoms with Gasteiger partial charge in [-0.2, -0.15) is 5.10 Å². The van der Waals surface area contributed by atoms with Crippen LogP contribution in [0.1, 0.15) is 18.9 Å². The third-order valence-electron chi connectivity index (χ3n) is 3.50. The van der Waals surface area contributed by atoms with Gasteiger partial charge in [0.2, 0.25) is 5.75 Å². The molecule has 9 heteroatoms. The molecule has 0 spiro atoms. The number of benzene rings is 2. The molecule has 0 aromatic heterocycles. The second-order valence-electron chi connectivity index (χ2n) is 5.33. The molecular formula is C17H17ClN4O4. The molecule has 0 heterocycles. The van der Waals surface area contributed by atoms with Gasteiger partial charge in [-0.3, -0.25) is 14.9 Å². The number of phenolic OH excluding ortho intramolecular Hbond substituents is 1. The third-order valence-corrected chi connectivity index (χ3v) is 3.72. The average molecular weight is 377 g/mol. The maximum Gasteiger partial charge on any atom is 0.312 e. The van der Waals surface area contributed by atoms with E-state index in [9.17, 15) is 20.0 Å². The van der Waals surface area contributed by atoms with Crippen LogP contribution >= 0.6 is 11.6 Å². The lowest BCUT2D eigenvalue weighted by atomic mass is 10.2. The maximum absolute atomic E-state index is 12.2. The monoisotopic (exact) mass is 376 g/mol. The van der Waals surface area contributed by atoms with Crippen molar-refractivity contribution >= 4 is 35.1 Å². The summed E-state index contributed by atoms with van der Waals surface area (Å²) in [5.41, 5.74) is 2.62. The van der Waals surface area contributed by atoms with Gasteiger partial charge in [-0.1, -0.05) is 36.7 Å². The zero-order valence-corrected chi connectivity index (χ0v) is 14.6. The summed E-state index contributed by atoms with van der Waals surface area (Å²) in [7, 11) is 0. The van der Waals surface area contributed by atoms with Crippen molar-refractivity contribution in [2.45, 2.75) is 19.4 Å². The van der Waals surface area contributed by atoms with Gasteiger partial charge in [0, 0.05) is 22.3 Å². The van der Waals surface area contributed by atoms with Gasteiger partial charge in [0.1, 0.15) is 6.04 Å². The molecule has 0 fully saturated rings. The van der Waals surface area contributed by atoms with Crippen molar-refractivity contribution in [1.29, 1.82) is 0 Å². The van der Waals surface area contributed by atoms with E-state index in [1.54, 1.807) is 0 Å². The number of aromatic hydroxyl groups is 1. The number of nitro benzene ring substituents is 1. The van der Waals surface area contributed by atoms with E-state index in [0.717, 1.165) is 18.0 Å². The number of rotatable bonds is 7. The number of hydrogen-bond donors (Lipinski definition) is 3. The number of para-hydroxylation sites is 1. The van der Waals surface area contributed by atoms with Crippen LogP contribution in [-0.4, -0.2) is 28.2 Å². The summed E-state index contributed by atoms with van der Waals surface area (Å²) in [5, 5.41) is 27.7. The minimum Gasteiger partial charge on any atom is -0.502 e. The fraction of sp³-hybridized carbons (Fsp3) is 0.176. The first-order valence-electron chi connectivity index (χ1n) is 7.73. The van der Waals surface area contributed by atoms with Crippen molar-refractivity contribution in [1.82, 2.24) is 5.43 Å². The number of nitro groups is 1. The Hall–Kier alpha value is -3.13. The minimum atomic E-state index is -0.756. The average Bonchev–Trinajstić information content (AvgIpc) is 2.62. The largest absolute Gasteiger partial charge is 0.502 e. The predicted molar refractivity (Wildman–Crippen MR) is 99.7 cm³/mol. The molecule has 2 rings (SSSR count). The number of halogens is 1. The second kappa shape index (κ2) is 8.82. The van der Waals surface area contributed by atoms with Gasteiger partial charge in [0.25, 0.3) is 5.91 Å². The quantitative estimate of drug-likeness (QED) is 0.389. The number of amides is 1. The van der Waals surface area contributed by atoms with E-state index >= 15 is 0 Å². The Morgan fingerprint density at radius 3 is 2.69 bits per heavy atom. The van der Waals surface area contributed by atoms with Crippen molar-refractivity contribution < 1.29 is 14.8 Å². The van der Waals surface area contributed by atoms with Crippen LogP contribution < -0.4 is 10.7 Å². The molecule has 0 saturated carbocycles. The van der Waals surface area contributed by atoms with Crippen LogP contribution in [0.15, 0.2) is 47.6 Å². The summed E-state index contributed by atoms with van der Waals surface area (Å²) in [5.74, 6) is -0.963. The van der Waals surface area contributed by atoms with E-state index in [1.807, 2.05) is 37.3 Å². The van der Waals surface area contributed by atoms with Gasteiger partial charge in [-0.25, -0.2) is 5.43 Å². The number of phenols is 1. The first kappa shape index (κ1) is 19.2. The van der Waals surface area contributed by atoms with Crippen LogP contribution in [-0.2, 0) is 4.79 Å². The Bertz CT molecular complexity index is 827. The summed E-state index contributed by atoms with van der Waals surface area (Å²) in [6, 6.07) is 11.1. The maximum atomic E-state index is 12.2. The van der Waals surface area contributed by atoms with Gasteiger partial charge in [0.05, 0.1) is 11.1 Å². The number of nitrogens with zero attached hydrogens (tertiary/aromatic N) is 2. The summed E-state index contributed by atoms with van der Waals surface area (Å²) < 4.78 is 0. The van der Waals surface area contributed by atoms with E-state index in [-0.39, 0.29) is 16.5 Å². The van der Waals surface area contributed by atoms with Crippen LogP contribution in [0.2, 0.25) is 5.02 Å². The molecule has 0 bridgehead atoms. The third kappa shape index (κ3) is 4.93. The van der Waals surface area contributed by atoms with E-state index in [2.05, 4.69) is 15.8 Å². The summed E-state index contributed by atoms with van der Waals surface area (Å²) in [6.07, 6.45) is 1.62. The molecule has 2 aromatic carbocycles. The summed E-state index contributed by atoms with van der Waals surface area (Å²) in [4.78, 5) is 22.3. The number of carbonyl (C=O) groups is 1. The van der Waals surface area contributed by atoms with Crippen LogP contribution in [0, 0.1) is 10.1 Å². The van der Waals surface area contributed by atoms with Crippen molar-refractivity contribution in [3.05, 3.63) is 63.2 Å². The molecule has 136 valence electrons. The Morgan fingerprint density at radius 2 is 2.08 bits per heavy atom. The molecule has 0 aliphatic rings. The van der Waals surface area contributed by atoms with E-state index < -0.39 is 22.4 Å². The lowest BCUT2D eigenvalue weighted by molar-refractivity contribution is -0.385. The smallest absolute Gasteiger partial charge is 0.312 e. The standard InChI is InChI=1S/C17H17ClN4O4/c1-2-14(20-13-6-4-3-5-7-13)17(24)21-19-10-11-8-12(18)9-15(16(11)23)22(25)26/h3-10,14,20,23H,2H2,1H3,(H,21,24)/b19-10+/t14-/m0/s1. The Labute approximate surface area is 154 Å². The molecule has 0 unspecified atom stereocenters. The molecule has 8 nitrogen and oxygen atoms in total. The number of carbonyl (C=O) groups excluding carboxylic acids is 1. The molecular weight excluding hydrogens is 360 g/mol. The van der Waals surface area contributed by atoms with Crippen molar-refractivity contribution in [2.75, 3.05) is 5.32 Å². The zero-order chi connectivity index (χ0) is 19.1. The van der Waals surface area contributed by atoms with Crippen LogP contribution in [0.25, 0.3) is 0 Å². The van der Waals surface area contributed by atoms with Gasteiger partial charge in [0.15, 0.2) is 0 Å². The summed E-state index contributed by atoms with van der Waals surface area (Å²) in [6.45, 7) is 1.84. The highest BCUT2D eigenvalue weighted by Crippen LogP contribution is 2.32. The summed E-state index contributed by atoms with van der Waals surface area (Å²) >= 11 is 5.80. The van der Waals surface area contributed by atoms with Crippen molar-refractivity contribution in [3.63, 3.8) is 0 Å². The number of hydrazone groups is 1. The minimum absolute atomic E-state index is 0.0218. The Balaban J connectivity index is 2.07. The zero-order valence-electron chi connectivity index (χ0n) is 13.8. The Morgan fingerprint density at radius 1 is 1.38 bits per heavy atom. The van der Waals surface area contributed by atoms with Gasteiger partial charge in [-0.05, 0) is 24.6 Å². The van der Waals surface area contributed by atoms with Crippen molar-refractivity contribution in [3.8, 4) is 5.75 Å². The highest BCUT2D eigenvalue weighted by molar-refractivity contribution is 6.31. The highest BCUT2D eigenvalue weighted by Gasteiger charge is 2.18.